The number of benzene rings is 1. The molecule has 1 aromatic heterocycles. The van der Waals surface area contributed by atoms with Gasteiger partial charge in [0.25, 0.3) is 0 Å². The Morgan fingerprint density at radius 2 is 1.88 bits per heavy atom. The maximum atomic E-state index is 11.9. The lowest BCUT2D eigenvalue weighted by Gasteiger charge is -2.40. The van der Waals surface area contributed by atoms with Gasteiger partial charge in [-0.2, -0.15) is 0 Å². The van der Waals surface area contributed by atoms with Gasteiger partial charge in [-0.3, -0.25) is 0 Å². The van der Waals surface area contributed by atoms with Crippen LogP contribution in [-0.2, 0) is 14.8 Å². The monoisotopic (exact) mass is 459 g/mol. The van der Waals surface area contributed by atoms with Gasteiger partial charge in [0.1, 0.15) is 11.6 Å². The molecule has 2 atom stereocenters. The van der Waals surface area contributed by atoms with Gasteiger partial charge in [0.05, 0.1) is 19.0 Å². The zero-order valence-electron chi connectivity index (χ0n) is 18.6. The van der Waals surface area contributed by atoms with Crippen LogP contribution in [0.4, 0.5) is 5.82 Å². The first-order valence-electron chi connectivity index (χ1n) is 11.4. The second kappa shape index (κ2) is 10.2. The Kier molecular flexibility index (Phi) is 7.33. The van der Waals surface area contributed by atoms with Gasteiger partial charge in [0.15, 0.2) is 0 Å². The molecule has 0 unspecified atom stereocenters. The molecule has 32 heavy (non-hydrogen) atoms. The summed E-state index contributed by atoms with van der Waals surface area (Å²) in [5, 5.41) is 9.81. The van der Waals surface area contributed by atoms with Gasteiger partial charge < -0.3 is 14.7 Å². The molecule has 2 aliphatic rings. The standard InChI is InChI=1S/C24H33N3O4S/c1-32(29,30)26-23-12-14-27(24-15-21(28)11-13-25-24)16-20(23)17-31-22-9-7-19(8-10-22)18-5-3-2-4-6-18/h2-6,11,13,15,19-20,22-23,26H,7-10,12,14,16-17H2,1H3,(H,25,28)/t19-,20-,22+,23-/m0/s1. The maximum Gasteiger partial charge on any atom is 0.208 e. The molecule has 8 heteroatoms. The third-order valence-electron chi connectivity index (χ3n) is 6.64. The average molecular weight is 460 g/mol. The lowest BCUT2D eigenvalue weighted by molar-refractivity contribution is -0.00213. The molecule has 2 N–H and O–H groups in total. The van der Waals surface area contributed by atoms with E-state index in [1.165, 1.54) is 11.8 Å². The molecular formula is C24H33N3O4S. The van der Waals surface area contributed by atoms with Gasteiger partial charge in [-0.05, 0) is 49.7 Å². The minimum atomic E-state index is -3.31. The van der Waals surface area contributed by atoms with Crippen molar-refractivity contribution < 1.29 is 18.3 Å². The van der Waals surface area contributed by atoms with E-state index in [4.69, 9.17) is 4.74 Å². The Morgan fingerprint density at radius 3 is 2.56 bits per heavy atom. The van der Waals surface area contributed by atoms with E-state index in [0.717, 1.165) is 25.7 Å². The molecule has 174 valence electrons. The predicted octanol–water partition coefficient (Wildman–Crippen LogP) is 3.27. The number of hydrogen-bond acceptors (Lipinski definition) is 6. The van der Waals surface area contributed by atoms with Gasteiger partial charge >= 0.3 is 0 Å². The third-order valence-corrected chi connectivity index (χ3v) is 7.37. The molecule has 4 rings (SSSR count). The summed E-state index contributed by atoms with van der Waals surface area (Å²) in [5.41, 5.74) is 1.41. The van der Waals surface area contributed by atoms with Crippen LogP contribution >= 0.6 is 0 Å². The zero-order valence-corrected chi connectivity index (χ0v) is 19.4. The minimum absolute atomic E-state index is 0.00877. The second-order valence-corrected chi connectivity index (χ2v) is 10.9. The summed E-state index contributed by atoms with van der Waals surface area (Å²) in [6, 6.07) is 13.7. The minimum Gasteiger partial charge on any atom is -0.508 e. The first-order valence-corrected chi connectivity index (χ1v) is 13.3. The number of ether oxygens (including phenoxy) is 1. The fourth-order valence-electron chi connectivity index (χ4n) is 4.97. The van der Waals surface area contributed by atoms with Gasteiger partial charge in [0, 0.05) is 37.3 Å². The van der Waals surface area contributed by atoms with Crippen molar-refractivity contribution in [3.8, 4) is 5.75 Å². The molecule has 1 aliphatic carbocycles. The van der Waals surface area contributed by atoms with E-state index >= 15 is 0 Å². The molecule has 2 fully saturated rings. The van der Waals surface area contributed by atoms with E-state index in [1.54, 1.807) is 18.3 Å². The molecule has 2 heterocycles. The highest BCUT2D eigenvalue weighted by atomic mass is 32.2. The first-order chi connectivity index (χ1) is 15.4. The Bertz CT molecular complexity index is 978. The number of nitrogens with zero attached hydrogens (tertiary/aromatic N) is 2. The average Bonchev–Trinajstić information content (AvgIpc) is 2.78. The number of anilines is 1. The molecule has 2 aromatic rings. The van der Waals surface area contributed by atoms with Crippen LogP contribution in [0.15, 0.2) is 48.7 Å². The Labute approximate surface area is 190 Å². The fraction of sp³-hybridized carbons (Fsp3) is 0.542. The second-order valence-electron chi connectivity index (χ2n) is 9.08. The highest BCUT2D eigenvalue weighted by molar-refractivity contribution is 7.88. The lowest BCUT2D eigenvalue weighted by Crippen LogP contribution is -2.52. The Hall–Kier alpha value is -2.16. The normalized spacial score (nSPS) is 26.7. The van der Waals surface area contributed by atoms with Crippen LogP contribution in [-0.4, -0.2) is 56.6 Å². The number of pyridine rings is 1. The number of aromatic hydroxyl groups is 1. The summed E-state index contributed by atoms with van der Waals surface area (Å²) in [7, 11) is -3.31. The molecule has 0 amide bonds. The summed E-state index contributed by atoms with van der Waals surface area (Å²) in [4.78, 5) is 6.47. The van der Waals surface area contributed by atoms with Crippen molar-refractivity contribution in [2.45, 2.75) is 50.2 Å². The van der Waals surface area contributed by atoms with E-state index in [9.17, 15) is 13.5 Å². The van der Waals surface area contributed by atoms with Gasteiger partial charge in [-0.25, -0.2) is 18.1 Å². The van der Waals surface area contributed by atoms with Crippen LogP contribution in [0.1, 0.15) is 43.6 Å². The van der Waals surface area contributed by atoms with Crippen molar-refractivity contribution in [1.29, 1.82) is 0 Å². The maximum absolute atomic E-state index is 11.9. The van der Waals surface area contributed by atoms with E-state index < -0.39 is 10.0 Å². The molecule has 7 nitrogen and oxygen atoms in total. The zero-order chi connectivity index (χ0) is 22.6. The molecule has 0 radical (unpaired) electrons. The Balaban J connectivity index is 1.36. The number of piperidine rings is 1. The topological polar surface area (TPSA) is 91.8 Å². The van der Waals surface area contributed by atoms with E-state index in [1.807, 2.05) is 0 Å². The quantitative estimate of drug-likeness (QED) is 0.660. The number of hydrogen-bond donors (Lipinski definition) is 2. The summed E-state index contributed by atoms with van der Waals surface area (Å²) < 4.78 is 32.9. The van der Waals surface area contributed by atoms with Crippen molar-refractivity contribution in [2.75, 3.05) is 30.9 Å². The molecule has 1 aliphatic heterocycles. The van der Waals surface area contributed by atoms with E-state index in [2.05, 4.69) is 44.9 Å². The molecule has 0 spiro atoms. The molecule has 1 saturated carbocycles. The third kappa shape index (κ3) is 6.21. The number of sulfonamides is 1. The van der Waals surface area contributed by atoms with Crippen LogP contribution in [0.5, 0.6) is 5.75 Å². The number of rotatable bonds is 7. The van der Waals surface area contributed by atoms with Gasteiger partial charge in [-0.1, -0.05) is 30.3 Å². The SMILES string of the molecule is CS(=O)(=O)N[C@H]1CCN(c2cc(O)ccn2)C[C@H]1CO[C@H]1CC[C@@H](c2ccccc2)CC1. The van der Waals surface area contributed by atoms with Gasteiger partial charge in [-0.15, -0.1) is 0 Å². The van der Waals surface area contributed by atoms with Crippen LogP contribution in [0, 0.1) is 5.92 Å². The smallest absolute Gasteiger partial charge is 0.208 e. The van der Waals surface area contributed by atoms with Crippen molar-refractivity contribution in [3.63, 3.8) is 0 Å². The van der Waals surface area contributed by atoms with E-state index in [0.29, 0.717) is 37.9 Å². The van der Waals surface area contributed by atoms with Crippen LogP contribution in [0.3, 0.4) is 0 Å². The molecule has 0 bridgehead atoms. The van der Waals surface area contributed by atoms with Crippen LogP contribution in [0.25, 0.3) is 0 Å². The van der Waals surface area contributed by atoms with Crippen molar-refractivity contribution in [1.82, 2.24) is 9.71 Å². The summed E-state index contributed by atoms with van der Waals surface area (Å²) in [5.74, 6) is 1.48. The largest absolute Gasteiger partial charge is 0.508 e. The van der Waals surface area contributed by atoms with Crippen molar-refractivity contribution >= 4 is 15.8 Å². The number of nitrogens with one attached hydrogen (secondary N) is 1. The summed E-state index contributed by atoms with van der Waals surface area (Å²) in [6.45, 7) is 1.80. The first kappa shape index (κ1) is 23.0. The van der Waals surface area contributed by atoms with Crippen LogP contribution in [0.2, 0.25) is 0 Å². The fourth-order valence-corrected chi connectivity index (χ4v) is 5.83. The van der Waals surface area contributed by atoms with E-state index in [-0.39, 0.29) is 23.8 Å². The molecule has 1 aromatic carbocycles. The number of aromatic nitrogens is 1. The summed E-state index contributed by atoms with van der Waals surface area (Å²) >= 11 is 0. The molecular weight excluding hydrogens is 426 g/mol. The van der Waals surface area contributed by atoms with Crippen molar-refractivity contribution in [2.24, 2.45) is 5.92 Å². The van der Waals surface area contributed by atoms with Crippen LogP contribution < -0.4 is 9.62 Å². The lowest BCUT2D eigenvalue weighted by atomic mass is 9.82. The molecule has 1 saturated heterocycles. The highest BCUT2D eigenvalue weighted by Crippen LogP contribution is 2.34. The predicted molar refractivity (Wildman–Crippen MR) is 125 cm³/mol. The van der Waals surface area contributed by atoms with Crippen molar-refractivity contribution in [3.05, 3.63) is 54.2 Å². The van der Waals surface area contributed by atoms with Gasteiger partial charge in [0.2, 0.25) is 10.0 Å². The Morgan fingerprint density at radius 1 is 1.12 bits per heavy atom. The summed E-state index contributed by atoms with van der Waals surface area (Å²) in [6.07, 6.45) is 7.94. The highest BCUT2D eigenvalue weighted by Gasteiger charge is 2.33.